The normalized spacial score (nSPS) is 9.78. The summed E-state index contributed by atoms with van der Waals surface area (Å²) in [6.07, 6.45) is 1.64. The number of rotatable bonds is 6. The monoisotopic (exact) mass is 508 g/mol. The van der Waals surface area contributed by atoms with Gasteiger partial charge in [0.1, 0.15) is 5.82 Å². The molecule has 0 bridgehead atoms. The number of aromatic nitrogens is 2. The third-order valence-corrected chi connectivity index (χ3v) is 3.12. The molecule has 0 saturated carbocycles. The van der Waals surface area contributed by atoms with Gasteiger partial charge in [0.25, 0.3) is 0 Å². The van der Waals surface area contributed by atoms with Crippen LogP contribution in [0.5, 0.6) is 0 Å². The molecule has 0 spiro atoms. The van der Waals surface area contributed by atoms with Gasteiger partial charge < -0.3 is 24.5 Å². The SMILES string of the molecule is C=Cc1nc(Cl)nc(N(C[CH2-])C[CH2-])c1SCN.[U+2]. The van der Waals surface area contributed by atoms with Gasteiger partial charge in [-0.1, -0.05) is 6.58 Å². The third kappa shape index (κ3) is 4.43. The van der Waals surface area contributed by atoms with E-state index in [2.05, 4.69) is 30.4 Å². The fraction of sp³-hybridized carbons (Fsp3) is 0.273. The number of hydrogen-bond acceptors (Lipinski definition) is 5. The Balaban J connectivity index is 0.00000289. The van der Waals surface area contributed by atoms with Gasteiger partial charge in [0.2, 0.25) is 5.28 Å². The second-order valence-electron chi connectivity index (χ2n) is 3.03. The van der Waals surface area contributed by atoms with Crippen molar-refractivity contribution in [3.8, 4) is 0 Å². The smallest absolute Gasteiger partial charge is 0.416 e. The number of anilines is 1. The van der Waals surface area contributed by atoms with Crippen LogP contribution in [0.1, 0.15) is 5.69 Å². The Morgan fingerprint density at radius 2 is 2.00 bits per heavy atom. The molecule has 0 unspecified atom stereocenters. The Morgan fingerprint density at radius 1 is 1.39 bits per heavy atom. The van der Waals surface area contributed by atoms with Crippen LogP contribution >= 0.6 is 23.4 Å². The Morgan fingerprint density at radius 3 is 2.44 bits per heavy atom. The van der Waals surface area contributed by atoms with Crippen LogP contribution in [0.3, 0.4) is 0 Å². The topological polar surface area (TPSA) is 55.0 Å². The van der Waals surface area contributed by atoms with Gasteiger partial charge in [0.15, 0.2) is 0 Å². The molecular formula is C11H15ClN4SU. The van der Waals surface area contributed by atoms with Gasteiger partial charge in [-0.05, 0) is 17.7 Å². The van der Waals surface area contributed by atoms with Crippen molar-refractivity contribution in [3.05, 3.63) is 31.4 Å². The van der Waals surface area contributed by atoms with Crippen LogP contribution < -0.4 is 10.6 Å². The van der Waals surface area contributed by atoms with Gasteiger partial charge in [-0.3, -0.25) is 0 Å². The van der Waals surface area contributed by atoms with Crippen molar-refractivity contribution in [2.75, 3.05) is 23.9 Å². The summed E-state index contributed by atoms with van der Waals surface area (Å²) < 4.78 is 0. The molecule has 0 saturated heterocycles. The summed E-state index contributed by atoms with van der Waals surface area (Å²) in [7, 11) is 0. The summed E-state index contributed by atoms with van der Waals surface area (Å²) in [5.74, 6) is 1.14. The summed E-state index contributed by atoms with van der Waals surface area (Å²) in [5.41, 5.74) is 6.25. The number of thioether (sulfide) groups is 1. The largest absolute Gasteiger partial charge is 2.00 e. The molecule has 4 nitrogen and oxygen atoms in total. The molecule has 1 rings (SSSR count). The second kappa shape index (κ2) is 9.22. The summed E-state index contributed by atoms with van der Waals surface area (Å²) >= 11 is 7.33. The zero-order chi connectivity index (χ0) is 12.8. The van der Waals surface area contributed by atoms with E-state index in [1.165, 1.54) is 11.8 Å². The fourth-order valence-corrected chi connectivity index (χ4v) is 2.24. The van der Waals surface area contributed by atoms with E-state index in [1.807, 2.05) is 4.90 Å². The Labute approximate surface area is 141 Å². The third-order valence-electron chi connectivity index (χ3n) is 2.11. The first kappa shape index (κ1) is 18.3. The molecule has 1 aromatic rings. The first-order valence-corrected chi connectivity index (χ1v) is 6.40. The standard InChI is InChI=1S/C11H15ClN4S.U/c1-4-8-9(17-7-13)10(15-11(12)14-8)16(5-2)6-3;/h4H,1-3,5-7,13H2;/q-2;+2. The molecule has 96 valence electrons. The minimum Gasteiger partial charge on any atom is -0.416 e. The van der Waals surface area contributed by atoms with E-state index >= 15 is 0 Å². The number of nitrogens with two attached hydrogens (primary N) is 1. The molecule has 0 fully saturated rings. The molecule has 0 atom stereocenters. The maximum atomic E-state index is 5.88. The van der Waals surface area contributed by atoms with Crippen molar-refractivity contribution < 1.29 is 31.1 Å². The summed E-state index contributed by atoms with van der Waals surface area (Å²) in [5, 5.41) is 0.183. The molecule has 18 heavy (non-hydrogen) atoms. The molecule has 2 N–H and O–H groups in total. The van der Waals surface area contributed by atoms with E-state index in [4.69, 9.17) is 17.3 Å². The first-order valence-electron chi connectivity index (χ1n) is 5.04. The van der Waals surface area contributed by atoms with Gasteiger partial charge >= 0.3 is 31.1 Å². The molecule has 0 aliphatic carbocycles. The maximum Gasteiger partial charge on any atom is 2.00 e. The Kier molecular flexibility index (Phi) is 9.36. The molecule has 0 aromatic carbocycles. The summed E-state index contributed by atoms with van der Waals surface area (Å²) in [4.78, 5) is 11.1. The summed E-state index contributed by atoms with van der Waals surface area (Å²) in [6, 6.07) is 0. The zero-order valence-corrected chi connectivity index (χ0v) is 15.8. The van der Waals surface area contributed by atoms with E-state index in [0.717, 1.165) is 4.90 Å². The zero-order valence-electron chi connectivity index (χ0n) is 10.0. The molecule has 0 aliphatic heterocycles. The molecule has 0 aliphatic rings. The quantitative estimate of drug-likeness (QED) is 0.277. The minimum absolute atomic E-state index is 0. The van der Waals surface area contributed by atoms with Gasteiger partial charge in [-0.25, -0.2) is 4.98 Å². The molecule has 0 amide bonds. The number of nitrogens with zero attached hydrogens (tertiary/aromatic N) is 3. The average Bonchev–Trinajstić information content (AvgIpc) is 2.33. The van der Waals surface area contributed by atoms with Gasteiger partial charge in [-0.2, -0.15) is 4.98 Å². The van der Waals surface area contributed by atoms with E-state index in [-0.39, 0.29) is 36.4 Å². The second-order valence-corrected chi connectivity index (χ2v) is 4.40. The number of halogens is 1. The predicted octanol–water partition coefficient (Wildman–Crippen LogP) is 2.26. The summed E-state index contributed by atoms with van der Waals surface area (Å²) in [6.45, 7) is 12.5. The van der Waals surface area contributed by atoms with Crippen molar-refractivity contribution in [2.24, 2.45) is 5.73 Å². The Hall–Kier alpha value is 0.272. The Bertz CT molecular complexity index is 399. The predicted molar refractivity (Wildman–Crippen MR) is 75.0 cm³/mol. The van der Waals surface area contributed by atoms with Crippen molar-refractivity contribution >= 4 is 35.3 Å². The van der Waals surface area contributed by atoms with Crippen molar-refractivity contribution in [3.63, 3.8) is 0 Å². The van der Waals surface area contributed by atoms with Crippen LogP contribution in [0.2, 0.25) is 5.28 Å². The molecule has 0 radical (unpaired) electrons. The molecule has 7 heteroatoms. The van der Waals surface area contributed by atoms with Gasteiger partial charge in [0, 0.05) is 5.88 Å². The number of hydrogen-bond donors (Lipinski definition) is 1. The van der Waals surface area contributed by atoms with Crippen LogP contribution in [-0.2, 0) is 0 Å². The van der Waals surface area contributed by atoms with E-state index < -0.39 is 0 Å². The van der Waals surface area contributed by atoms with Crippen LogP contribution in [0.25, 0.3) is 6.08 Å². The molecule has 1 heterocycles. The van der Waals surface area contributed by atoms with Crippen LogP contribution in [-0.4, -0.2) is 28.9 Å². The molecular weight excluding hydrogens is 494 g/mol. The van der Waals surface area contributed by atoms with Gasteiger partial charge in [0.05, 0.1) is 10.6 Å². The van der Waals surface area contributed by atoms with E-state index in [1.54, 1.807) is 6.08 Å². The van der Waals surface area contributed by atoms with E-state index in [0.29, 0.717) is 30.5 Å². The van der Waals surface area contributed by atoms with Crippen molar-refractivity contribution in [1.82, 2.24) is 9.97 Å². The fourth-order valence-electron chi connectivity index (χ4n) is 1.33. The van der Waals surface area contributed by atoms with Crippen LogP contribution in [0.15, 0.2) is 11.5 Å². The van der Waals surface area contributed by atoms with Crippen LogP contribution in [0, 0.1) is 45.0 Å². The maximum absolute atomic E-state index is 5.88. The van der Waals surface area contributed by atoms with Crippen molar-refractivity contribution in [1.29, 1.82) is 0 Å². The minimum atomic E-state index is 0. The molecule has 1 aromatic heterocycles. The van der Waals surface area contributed by atoms with Crippen LogP contribution in [0.4, 0.5) is 5.82 Å². The van der Waals surface area contributed by atoms with E-state index in [9.17, 15) is 0 Å². The average molecular weight is 509 g/mol. The first-order chi connectivity index (χ1) is 8.17. The van der Waals surface area contributed by atoms with Gasteiger partial charge in [-0.15, -0.1) is 24.9 Å². The van der Waals surface area contributed by atoms with Crippen molar-refractivity contribution in [2.45, 2.75) is 4.90 Å².